The molecule has 24 heavy (non-hydrogen) atoms. The Morgan fingerprint density at radius 1 is 1.08 bits per heavy atom. The number of phenolic OH excluding ortho intramolecular Hbond substituents is 1. The molecule has 2 heterocycles. The van der Waals surface area contributed by atoms with Crippen LogP contribution in [0.1, 0.15) is 16.7 Å². The van der Waals surface area contributed by atoms with E-state index in [1.165, 1.54) is 21.9 Å². The molecule has 0 aromatic heterocycles. The molecule has 0 radical (unpaired) electrons. The smallest absolute Gasteiger partial charge is 0.328 e. The Morgan fingerprint density at radius 2 is 1.83 bits per heavy atom. The summed E-state index contributed by atoms with van der Waals surface area (Å²) >= 11 is 0. The molecule has 2 aromatic carbocycles. The number of halogens is 1. The van der Waals surface area contributed by atoms with Gasteiger partial charge in [0.25, 0.3) is 5.91 Å². The third-order valence-electron chi connectivity index (χ3n) is 4.60. The van der Waals surface area contributed by atoms with E-state index >= 15 is 0 Å². The predicted molar refractivity (Wildman–Crippen MR) is 83.5 cm³/mol. The van der Waals surface area contributed by atoms with Gasteiger partial charge in [-0.1, -0.05) is 18.2 Å². The Balaban J connectivity index is 1.60. The lowest BCUT2D eigenvalue weighted by Crippen LogP contribution is -2.40. The number of urea groups is 1. The first-order valence-electron chi connectivity index (χ1n) is 7.70. The molecule has 4 rings (SSSR count). The average Bonchev–Trinajstić information content (AvgIpc) is 2.79. The Hall–Kier alpha value is -2.89. The van der Waals surface area contributed by atoms with E-state index in [0.29, 0.717) is 18.5 Å². The average molecular weight is 326 g/mol. The van der Waals surface area contributed by atoms with E-state index in [2.05, 4.69) is 0 Å². The molecule has 3 amide bonds. The predicted octanol–water partition coefficient (Wildman–Crippen LogP) is 2.42. The Kier molecular flexibility index (Phi) is 3.26. The topological polar surface area (TPSA) is 60.9 Å². The van der Waals surface area contributed by atoms with Gasteiger partial charge >= 0.3 is 6.03 Å². The van der Waals surface area contributed by atoms with Gasteiger partial charge in [0.1, 0.15) is 17.6 Å². The second kappa shape index (κ2) is 5.33. The first-order chi connectivity index (χ1) is 11.5. The normalized spacial score (nSPS) is 19.5. The van der Waals surface area contributed by atoms with E-state index < -0.39 is 6.04 Å². The third-order valence-corrected chi connectivity index (χ3v) is 4.60. The van der Waals surface area contributed by atoms with Crippen molar-refractivity contribution in [2.75, 3.05) is 0 Å². The van der Waals surface area contributed by atoms with Crippen LogP contribution >= 0.6 is 0 Å². The first kappa shape index (κ1) is 14.7. The van der Waals surface area contributed by atoms with Crippen LogP contribution in [0.4, 0.5) is 9.18 Å². The molecule has 1 N–H and O–H groups in total. The van der Waals surface area contributed by atoms with Crippen LogP contribution < -0.4 is 0 Å². The molecule has 0 bridgehead atoms. The SMILES string of the molecule is O=C1[C@H]2Cc3ccc(O)cc3CN2C(=O)N1Cc1ccc(F)cc1. The van der Waals surface area contributed by atoms with Gasteiger partial charge < -0.3 is 10.0 Å². The molecule has 1 atom stereocenters. The lowest BCUT2D eigenvalue weighted by molar-refractivity contribution is -0.128. The van der Waals surface area contributed by atoms with Gasteiger partial charge in [0.2, 0.25) is 0 Å². The van der Waals surface area contributed by atoms with Crippen LogP contribution in [0.25, 0.3) is 0 Å². The standard InChI is InChI=1S/C18H15FN2O3/c19-14-4-1-11(2-5-14)9-21-17(23)16-8-12-3-6-15(22)7-13(12)10-20(16)18(21)24/h1-7,16,22H,8-10H2/t16-/m1/s1. The zero-order valence-corrected chi connectivity index (χ0v) is 12.8. The molecule has 0 saturated carbocycles. The fourth-order valence-electron chi connectivity index (χ4n) is 3.34. The van der Waals surface area contributed by atoms with Crippen LogP contribution in [0.3, 0.4) is 0 Å². The van der Waals surface area contributed by atoms with Gasteiger partial charge in [-0.15, -0.1) is 0 Å². The highest BCUT2D eigenvalue weighted by molar-refractivity contribution is 6.04. The number of fused-ring (bicyclic) bond motifs is 2. The van der Waals surface area contributed by atoms with Gasteiger partial charge in [-0.25, -0.2) is 9.18 Å². The van der Waals surface area contributed by atoms with Crippen LogP contribution in [0, 0.1) is 5.82 Å². The van der Waals surface area contributed by atoms with Crippen LogP contribution in [0.5, 0.6) is 5.75 Å². The molecule has 122 valence electrons. The van der Waals surface area contributed by atoms with Crippen molar-refractivity contribution in [2.24, 2.45) is 0 Å². The molecule has 6 heteroatoms. The molecule has 2 aromatic rings. The van der Waals surface area contributed by atoms with E-state index in [1.807, 2.05) is 0 Å². The Morgan fingerprint density at radius 3 is 2.58 bits per heavy atom. The van der Waals surface area contributed by atoms with Gasteiger partial charge in [-0.05, 0) is 41.0 Å². The molecule has 1 saturated heterocycles. The molecule has 0 aliphatic carbocycles. The summed E-state index contributed by atoms with van der Waals surface area (Å²) in [6.45, 7) is 0.436. The van der Waals surface area contributed by atoms with E-state index in [9.17, 15) is 19.1 Å². The van der Waals surface area contributed by atoms with Crippen molar-refractivity contribution in [2.45, 2.75) is 25.6 Å². The maximum absolute atomic E-state index is 13.0. The number of amides is 3. The molecule has 0 spiro atoms. The number of hydrogen-bond acceptors (Lipinski definition) is 3. The highest BCUT2D eigenvalue weighted by Crippen LogP contribution is 2.32. The van der Waals surface area contributed by atoms with E-state index in [0.717, 1.165) is 11.1 Å². The zero-order valence-electron chi connectivity index (χ0n) is 12.8. The monoisotopic (exact) mass is 326 g/mol. The van der Waals surface area contributed by atoms with Gasteiger partial charge in [0.05, 0.1) is 6.54 Å². The highest BCUT2D eigenvalue weighted by Gasteiger charge is 2.47. The molecular formula is C18H15FN2O3. The minimum atomic E-state index is -0.505. The van der Waals surface area contributed by atoms with Crippen molar-refractivity contribution in [3.63, 3.8) is 0 Å². The summed E-state index contributed by atoms with van der Waals surface area (Å²) in [5.74, 6) is -0.443. The molecule has 5 nitrogen and oxygen atoms in total. The lowest BCUT2D eigenvalue weighted by atomic mass is 9.94. The van der Waals surface area contributed by atoms with Crippen molar-refractivity contribution in [1.29, 1.82) is 0 Å². The Bertz CT molecular complexity index is 835. The van der Waals surface area contributed by atoms with Crippen molar-refractivity contribution in [3.05, 3.63) is 65.0 Å². The quantitative estimate of drug-likeness (QED) is 0.862. The molecule has 2 aliphatic heterocycles. The first-order valence-corrected chi connectivity index (χ1v) is 7.70. The number of imide groups is 1. The number of phenols is 1. The van der Waals surface area contributed by atoms with Gasteiger partial charge in [-0.3, -0.25) is 9.69 Å². The molecule has 0 unspecified atom stereocenters. The zero-order chi connectivity index (χ0) is 16.8. The maximum atomic E-state index is 13.0. The number of aromatic hydroxyl groups is 1. The molecule has 1 fully saturated rings. The fourth-order valence-corrected chi connectivity index (χ4v) is 3.34. The number of carbonyl (C=O) groups is 2. The second-order valence-corrected chi connectivity index (χ2v) is 6.13. The van der Waals surface area contributed by atoms with Crippen molar-refractivity contribution in [1.82, 2.24) is 9.80 Å². The summed E-state index contributed by atoms with van der Waals surface area (Å²) in [6, 6.07) is 9.93. The number of benzene rings is 2. The summed E-state index contributed by atoms with van der Waals surface area (Å²) in [5, 5.41) is 9.60. The summed E-state index contributed by atoms with van der Waals surface area (Å²) < 4.78 is 13.0. The van der Waals surface area contributed by atoms with E-state index in [1.54, 1.807) is 30.3 Å². The maximum Gasteiger partial charge on any atom is 0.328 e. The van der Waals surface area contributed by atoms with Crippen LogP contribution in [0.2, 0.25) is 0 Å². The summed E-state index contributed by atoms with van der Waals surface area (Å²) in [6.07, 6.45) is 0.445. The molecule has 2 aliphatic rings. The van der Waals surface area contributed by atoms with Gasteiger partial charge in [0.15, 0.2) is 0 Å². The summed E-state index contributed by atoms with van der Waals surface area (Å²) in [5.41, 5.74) is 2.53. The van der Waals surface area contributed by atoms with Gasteiger partial charge in [0, 0.05) is 13.0 Å². The van der Waals surface area contributed by atoms with Gasteiger partial charge in [-0.2, -0.15) is 0 Å². The fraction of sp³-hybridized carbons (Fsp3) is 0.222. The minimum Gasteiger partial charge on any atom is -0.508 e. The van der Waals surface area contributed by atoms with Crippen LogP contribution in [-0.4, -0.2) is 32.9 Å². The third kappa shape index (κ3) is 2.31. The van der Waals surface area contributed by atoms with Crippen molar-refractivity contribution in [3.8, 4) is 5.75 Å². The highest BCUT2D eigenvalue weighted by atomic mass is 19.1. The molecular weight excluding hydrogens is 311 g/mol. The lowest BCUT2D eigenvalue weighted by Gasteiger charge is -2.28. The van der Waals surface area contributed by atoms with Crippen molar-refractivity contribution < 1.29 is 19.1 Å². The minimum absolute atomic E-state index is 0.131. The van der Waals surface area contributed by atoms with Crippen LogP contribution in [-0.2, 0) is 24.3 Å². The number of hydrogen-bond donors (Lipinski definition) is 1. The van der Waals surface area contributed by atoms with Crippen LogP contribution in [0.15, 0.2) is 42.5 Å². The number of rotatable bonds is 2. The van der Waals surface area contributed by atoms with E-state index in [4.69, 9.17) is 0 Å². The van der Waals surface area contributed by atoms with Crippen molar-refractivity contribution >= 4 is 11.9 Å². The van der Waals surface area contributed by atoms with E-state index in [-0.39, 0.29) is 30.0 Å². The number of nitrogens with zero attached hydrogens (tertiary/aromatic N) is 2. The number of carbonyl (C=O) groups excluding carboxylic acids is 2. The summed E-state index contributed by atoms with van der Waals surface area (Å²) in [4.78, 5) is 28.0. The Labute approximate surface area is 137 Å². The largest absolute Gasteiger partial charge is 0.508 e. The second-order valence-electron chi connectivity index (χ2n) is 6.13. The summed E-state index contributed by atoms with van der Waals surface area (Å²) in [7, 11) is 0.